The minimum absolute atomic E-state index is 0.479. The van der Waals surface area contributed by atoms with Crippen LogP contribution in [0.5, 0.6) is 0 Å². The Balaban J connectivity index is 2.19. The Hall–Kier alpha value is -1.71. The number of fused-ring (bicyclic) bond motifs is 1. The van der Waals surface area contributed by atoms with Crippen LogP contribution in [0.1, 0.15) is 0 Å². The van der Waals surface area contributed by atoms with Crippen LogP contribution < -0.4 is 5.73 Å². The maximum atomic E-state index is 5.93. The highest BCUT2D eigenvalue weighted by molar-refractivity contribution is 6.31. The van der Waals surface area contributed by atoms with Crippen LogP contribution >= 0.6 is 23.2 Å². The number of benzene rings is 1. The standard InChI is InChI=1S/C13H8Cl2N2O/c14-8-1-2-11-7(3-8)4-12(18-11)13-10(16)5-9(15)6-17-13/h1-6H,16H2. The van der Waals surface area contributed by atoms with Gasteiger partial charge in [-0.2, -0.15) is 0 Å². The molecule has 0 spiro atoms. The number of pyridine rings is 1. The summed E-state index contributed by atoms with van der Waals surface area (Å²) >= 11 is 11.7. The van der Waals surface area contributed by atoms with E-state index in [-0.39, 0.29) is 0 Å². The van der Waals surface area contributed by atoms with E-state index >= 15 is 0 Å². The molecule has 0 amide bonds. The lowest BCUT2D eigenvalue weighted by atomic mass is 10.2. The molecule has 2 aromatic heterocycles. The summed E-state index contributed by atoms with van der Waals surface area (Å²) in [5, 5.41) is 2.07. The first kappa shape index (κ1) is 11.4. The topological polar surface area (TPSA) is 52.0 Å². The van der Waals surface area contributed by atoms with Crippen molar-refractivity contribution in [1.29, 1.82) is 0 Å². The molecule has 0 fully saturated rings. The zero-order valence-corrected chi connectivity index (χ0v) is 10.7. The lowest BCUT2D eigenvalue weighted by Crippen LogP contribution is -1.91. The van der Waals surface area contributed by atoms with Crippen LogP contribution in [-0.4, -0.2) is 4.98 Å². The van der Waals surface area contributed by atoms with Crippen LogP contribution in [0.2, 0.25) is 10.0 Å². The number of nitrogens with zero attached hydrogens (tertiary/aromatic N) is 1. The van der Waals surface area contributed by atoms with Gasteiger partial charge in [0.05, 0.1) is 10.7 Å². The van der Waals surface area contributed by atoms with Crippen molar-refractivity contribution in [2.24, 2.45) is 0 Å². The Labute approximate surface area is 113 Å². The van der Waals surface area contributed by atoms with Gasteiger partial charge in [-0.15, -0.1) is 0 Å². The normalized spacial score (nSPS) is 11.0. The van der Waals surface area contributed by atoms with Crippen molar-refractivity contribution >= 4 is 39.9 Å². The summed E-state index contributed by atoms with van der Waals surface area (Å²) in [5.74, 6) is 0.599. The lowest BCUT2D eigenvalue weighted by Gasteiger charge is -2.00. The molecule has 0 atom stereocenters. The maximum Gasteiger partial charge on any atom is 0.155 e. The number of aromatic nitrogens is 1. The van der Waals surface area contributed by atoms with Gasteiger partial charge >= 0.3 is 0 Å². The van der Waals surface area contributed by atoms with Crippen molar-refractivity contribution in [3.8, 4) is 11.5 Å². The Morgan fingerprint density at radius 1 is 1.06 bits per heavy atom. The van der Waals surface area contributed by atoms with Gasteiger partial charge in [0.1, 0.15) is 11.3 Å². The number of halogens is 2. The summed E-state index contributed by atoms with van der Waals surface area (Å²) < 4.78 is 5.69. The number of nitrogen functional groups attached to an aromatic ring is 1. The van der Waals surface area contributed by atoms with Crippen LogP contribution in [0.25, 0.3) is 22.4 Å². The van der Waals surface area contributed by atoms with Crippen LogP contribution in [0.4, 0.5) is 5.69 Å². The SMILES string of the molecule is Nc1cc(Cl)cnc1-c1cc2cc(Cl)ccc2o1. The van der Waals surface area contributed by atoms with Gasteiger partial charge in [0.2, 0.25) is 0 Å². The van der Waals surface area contributed by atoms with Crippen LogP contribution in [-0.2, 0) is 0 Å². The highest BCUT2D eigenvalue weighted by atomic mass is 35.5. The minimum atomic E-state index is 0.479. The molecular formula is C13H8Cl2N2O. The first-order valence-electron chi connectivity index (χ1n) is 5.24. The summed E-state index contributed by atoms with van der Waals surface area (Å²) in [5.41, 5.74) is 7.67. The van der Waals surface area contributed by atoms with Crippen LogP contribution in [0.15, 0.2) is 40.9 Å². The zero-order valence-electron chi connectivity index (χ0n) is 9.15. The van der Waals surface area contributed by atoms with Crippen LogP contribution in [0.3, 0.4) is 0 Å². The number of hydrogen-bond donors (Lipinski definition) is 1. The summed E-state index contributed by atoms with van der Waals surface area (Å²) in [6.07, 6.45) is 1.54. The van der Waals surface area contributed by atoms with E-state index in [9.17, 15) is 0 Å². The highest BCUT2D eigenvalue weighted by Crippen LogP contribution is 2.32. The molecular weight excluding hydrogens is 271 g/mol. The second kappa shape index (κ2) is 4.19. The molecule has 5 heteroatoms. The van der Waals surface area contributed by atoms with E-state index in [2.05, 4.69) is 4.98 Å². The van der Waals surface area contributed by atoms with Crippen molar-refractivity contribution < 1.29 is 4.42 Å². The smallest absolute Gasteiger partial charge is 0.155 e. The van der Waals surface area contributed by atoms with Gasteiger partial charge in [0, 0.05) is 16.6 Å². The third-order valence-corrected chi connectivity index (χ3v) is 3.04. The average Bonchev–Trinajstić information content (AvgIpc) is 2.71. The molecule has 90 valence electrons. The monoisotopic (exact) mass is 278 g/mol. The van der Waals surface area contributed by atoms with E-state index in [1.54, 1.807) is 12.1 Å². The van der Waals surface area contributed by atoms with E-state index in [0.29, 0.717) is 27.2 Å². The molecule has 3 aromatic rings. The summed E-state index contributed by atoms with van der Waals surface area (Å²) in [6, 6.07) is 8.91. The van der Waals surface area contributed by atoms with Gasteiger partial charge in [-0.1, -0.05) is 23.2 Å². The second-order valence-corrected chi connectivity index (χ2v) is 4.76. The van der Waals surface area contributed by atoms with Gasteiger partial charge in [0.15, 0.2) is 5.76 Å². The van der Waals surface area contributed by atoms with Crippen LogP contribution in [0, 0.1) is 0 Å². The molecule has 0 aliphatic carbocycles. The highest BCUT2D eigenvalue weighted by Gasteiger charge is 2.11. The Bertz CT molecular complexity index is 737. The molecule has 3 rings (SSSR count). The first-order chi connectivity index (χ1) is 8.63. The molecule has 2 N–H and O–H groups in total. The molecule has 0 aliphatic heterocycles. The first-order valence-corrected chi connectivity index (χ1v) is 5.99. The molecule has 18 heavy (non-hydrogen) atoms. The Morgan fingerprint density at radius 3 is 2.67 bits per heavy atom. The number of rotatable bonds is 1. The molecule has 0 unspecified atom stereocenters. The van der Waals surface area contributed by atoms with E-state index in [0.717, 1.165) is 11.0 Å². The fraction of sp³-hybridized carbons (Fsp3) is 0. The fourth-order valence-corrected chi connectivity index (χ4v) is 2.14. The third-order valence-electron chi connectivity index (χ3n) is 2.60. The molecule has 0 bridgehead atoms. The largest absolute Gasteiger partial charge is 0.454 e. The molecule has 1 aromatic carbocycles. The molecule has 0 radical (unpaired) electrons. The quantitative estimate of drug-likeness (QED) is 0.719. The van der Waals surface area contributed by atoms with Gasteiger partial charge in [0.25, 0.3) is 0 Å². The van der Waals surface area contributed by atoms with Crippen molar-refractivity contribution in [3.63, 3.8) is 0 Å². The van der Waals surface area contributed by atoms with Gasteiger partial charge in [-0.05, 0) is 30.3 Å². The van der Waals surface area contributed by atoms with Crippen molar-refractivity contribution in [3.05, 3.63) is 46.6 Å². The molecule has 0 saturated heterocycles. The minimum Gasteiger partial charge on any atom is -0.454 e. The zero-order chi connectivity index (χ0) is 12.7. The lowest BCUT2D eigenvalue weighted by molar-refractivity contribution is 0.629. The number of hydrogen-bond acceptors (Lipinski definition) is 3. The van der Waals surface area contributed by atoms with Crippen molar-refractivity contribution in [2.75, 3.05) is 5.73 Å². The van der Waals surface area contributed by atoms with E-state index < -0.39 is 0 Å². The number of anilines is 1. The Morgan fingerprint density at radius 2 is 1.89 bits per heavy atom. The van der Waals surface area contributed by atoms with Gasteiger partial charge in [-0.3, -0.25) is 0 Å². The fourth-order valence-electron chi connectivity index (χ4n) is 1.79. The predicted molar refractivity (Wildman–Crippen MR) is 73.9 cm³/mol. The molecule has 0 aliphatic rings. The van der Waals surface area contributed by atoms with E-state index in [1.165, 1.54) is 6.20 Å². The third kappa shape index (κ3) is 1.92. The van der Waals surface area contributed by atoms with Gasteiger partial charge < -0.3 is 10.2 Å². The number of nitrogens with two attached hydrogens (primary N) is 1. The van der Waals surface area contributed by atoms with Crippen molar-refractivity contribution in [2.45, 2.75) is 0 Å². The molecule has 0 saturated carbocycles. The Kier molecular flexibility index (Phi) is 2.65. The number of furan rings is 1. The maximum absolute atomic E-state index is 5.93. The van der Waals surface area contributed by atoms with Crippen molar-refractivity contribution in [1.82, 2.24) is 4.98 Å². The average molecular weight is 279 g/mol. The molecule has 2 heterocycles. The van der Waals surface area contributed by atoms with E-state index in [1.807, 2.05) is 18.2 Å². The van der Waals surface area contributed by atoms with Gasteiger partial charge in [-0.25, -0.2) is 4.98 Å². The summed E-state index contributed by atoms with van der Waals surface area (Å²) in [4.78, 5) is 4.18. The van der Waals surface area contributed by atoms with E-state index in [4.69, 9.17) is 33.4 Å². The predicted octanol–water partition coefficient (Wildman–Crippen LogP) is 4.38. The summed E-state index contributed by atoms with van der Waals surface area (Å²) in [7, 11) is 0. The second-order valence-electron chi connectivity index (χ2n) is 3.88. The summed E-state index contributed by atoms with van der Waals surface area (Å²) in [6.45, 7) is 0. The molecule has 3 nitrogen and oxygen atoms in total.